The molecule has 7 nitrogen and oxygen atoms in total. The first-order valence-electron chi connectivity index (χ1n) is 6.37. The lowest BCUT2D eigenvalue weighted by molar-refractivity contribution is 0.0941. The smallest absolute Gasteiger partial charge is 0.270 e. The summed E-state index contributed by atoms with van der Waals surface area (Å²) in [6.07, 6.45) is 1.64. The number of amides is 1. The minimum atomic E-state index is -0.375. The van der Waals surface area contributed by atoms with Crippen LogP contribution in [0, 0.1) is 0 Å². The van der Waals surface area contributed by atoms with Crippen molar-refractivity contribution in [2.75, 3.05) is 0 Å². The molecule has 0 unspecified atom stereocenters. The fraction of sp³-hybridized carbons (Fsp3) is 0.0714. The second-order valence-corrected chi connectivity index (χ2v) is 4.64. The van der Waals surface area contributed by atoms with E-state index in [0.717, 1.165) is 0 Å². The number of rotatable bonds is 4. The topological polar surface area (TPSA) is 93.8 Å². The second kappa shape index (κ2) is 6.31. The van der Waals surface area contributed by atoms with Gasteiger partial charge in [0.1, 0.15) is 16.5 Å². The van der Waals surface area contributed by atoms with E-state index in [1.807, 2.05) is 6.07 Å². The van der Waals surface area contributed by atoms with Crippen molar-refractivity contribution in [3.05, 3.63) is 59.3 Å². The van der Waals surface area contributed by atoms with E-state index in [1.54, 1.807) is 36.5 Å². The van der Waals surface area contributed by atoms with Gasteiger partial charge in [-0.25, -0.2) is 4.98 Å². The standard InChI is InChI=1S/C14H10ClN5O2/c15-11-6-3-5-10(18-11)14(21)17-8-12-19-13(20-22-12)9-4-1-2-7-16-9/h1-7H,8H2,(H,17,21). The Morgan fingerprint density at radius 1 is 1.18 bits per heavy atom. The van der Waals surface area contributed by atoms with E-state index in [2.05, 4.69) is 25.4 Å². The number of carbonyl (C=O) groups excluding carboxylic acids is 1. The van der Waals surface area contributed by atoms with E-state index in [-0.39, 0.29) is 29.2 Å². The lowest BCUT2D eigenvalue weighted by atomic mass is 10.3. The zero-order chi connectivity index (χ0) is 15.4. The summed E-state index contributed by atoms with van der Waals surface area (Å²) in [5.41, 5.74) is 0.817. The van der Waals surface area contributed by atoms with Crippen LogP contribution in [-0.2, 0) is 6.54 Å². The molecule has 0 radical (unpaired) electrons. The van der Waals surface area contributed by atoms with Crippen LogP contribution in [0.1, 0.15) is 16.4 Å². The Balaban J connectivity index is 1.65. The molecule has 110 valence electrons. The molecule has 0 aromatic carbocycles. The average Bonchev–Trinajstić information content (AvgIpc) is 3.02. The summed E-state index contributed by atoms with van der Waals surface area (Å²) in [6.45, 7) is 0.0901. The van der Waals surface area contributed by atoms with E-state index in [1.165, 1.54) is 0 Å². The molecule has 0 spiro atoms. The Kier molecular flexibility index (Phi) is 4.06. The molecule has 8 heteroatoms. The third-order valence-corrected chi connectivity index (χ3v) is 2.92. The molecular weight excluding hydrogens is 306 g/mol. The zero-order valence-corrected chi connectivity index (χ0v) is 12.0. The van der Waals surface area contributed by atoms with Crippen LogP contribution in [-0.4, -0.2) is 26.0 Å². The maximum absolute atomic E-state index is 11.9. The van der Waals surface area contributed by atoms with Crippen LogP contribution in [0.4, 0.5) is 0 Å². The Bertz CT molecular complexity index is 791. The van der Waals surface area contributed by atoms with Crippen LogP contribution >= 0.6 is 11.6 Å². The van der Waals surface area contributed by atoms with E-state index >= 15 is 0 Å². The molecule has 1 N–H and O–H groups in total. The summed E-state index contributed by atoms with van der Waals surface area (Å²) in [6, 6.07) is 10.2. The minimum absolute atomic E-state index is 0.0901. The first-order valence-corrected chi connectivity index (χ1v) is 6.75. The molecule has 3 aromatic heterocycles. The highest BCUT2D eigenvalue weighted by molar-refractivity contribution is 6.29. The lowest BCUT2D eigenvalue weighted by Gasteiger charge is -2.01. The van der Waals surface area contributed by atoms with Gasteiger partial charge in [0.25, 0.3) is 5.91 Å². The van der Waals surface area contributed by atoms with Crippen molar-refractivity contribution in [2.45, 2.75) is 6.54 Å². The van der Waals surface area contributed by atoms with Gasteiger partial charge < -0.3 is 9.84 Å². The predicted octanol–water partition coefficient (Wildman–Crippen LogP) is 2.11. The highest BCUT2D eigenvalue weighted by Crippen LogP contribution is 2.11. The predicted molar refractivity (Wildman–Crippen MR) is 77.9 cm³/mol. The van der Waals surface area contributed by atoms with Crippen molar-refractivity contribution < 1.29 is 9.32 Å². The Morgan fingerprint density at radius 3 is 2.86 bits per heavy atom. The number of pyridine rings is 2. The monoisotopic (exact) mass is 315 g/mol. The van der Waals surface area contributed by atoms with Crippen LogP contribution in [0.2, 0.25) is 5.15 Å². The summed E-state index contributed by atoms with van der Waals surface area (Å²) in [4.78, 5) is 24.1. The minimum Gasteiger partial charge on any atom is -0.342 e. The number of carbonyl (C=O) groups is 1. The number of nitrogens with one attached hydrogen (secondary N) is 1. The van der Waals surface area contributed by atoms with E-state index < -0.39 is 0 Å². The molecule has 3 heterocycles. The fourth-order valence-corrected chi connectivity index (χ4v) is 1.87. The highest BCUT2D eigenvalue weighted by Gasteiger charge is 2.12. The largest absolute Gasteiger partial charge is 0.342 e. The average molecular weight is 316 g/mol. The molecule has 0 atom stereocenters. The van der Waals surface area contributed by atoms with Gasteiger partial charge in [0.2, 0.25) is 11.7 Å². The Labute approximate surface area is 130 Å². The first-order chi connectivity index (χ1) is 10.7. The molecular formula is C14H10ClN5O2. The third kappa shape index (κ3) is 3.26. The molecule has 3 rings (SSSR count). The van der Waals surface area contributed by atoms with Crippen molar-refractivity contribution in [1.29, 1.82) is 0 Å². The molecule has 0 aliphatic carbocycles. The van der Waals surface area contributed by atoms with Gasteiger partial charge in [-0.2, -0.15) is 4.98 Å². The van der Waals surface area contributed by atoms with Crippen molar-refractivity contribution in [3.8, 4) is 11.5 Å². The molecule has 1 amide bonds. The van der Waals surface area contributed by atoms with Crippen LogP contribution in [0.15, 0.2) is 47.1 Å². The van der Waals surface area contributed by atoms with Gasteiger partial charge in [-0.15, -0.1) is 0 Å². The summed E-state index contributed by atoms with van der Waals surface area (Å²) in [5, 5.41) is 6.70. The van der Waals surface area contributed by atoms with Gasteiger partial charge in [0, 0.05) is 6.20 Å². The molecule has 0 aliphatic heterocycles. The summed E-state index contributed by atoms with van der Waals surface area (Å²) in [5.74, 6) is 0.266. The van der Waals surface area contributed by atoms with Crippen molar-refractivity contribution in [3.63, 3.8) is 0 Å². The quantitative estimate of drug-likeness (QED) is 0.741. The van der Waals surface area contributed by atoms with Gasteiger partial charge in [-0.05, 0) is 24.3 Å². The number of hydrogen-bond acceptors (Lipinski definition) is 6. The van der Waals surface area contributed by atoms with Gasteiger partial charge in [-0.3, -0.25) is 9.78 Å². The normalized spacial score (nSPS) is 10.4. The maximum atomic E-state index is 11.9. The highest BCUT2D eigenvalue weighted by atomic mass is 35.5. The molecule has 0 bridgehead atoms. The van der Waals surface area contributed by atoms with Crippen molar-refractivity contribution in [2.24, 2.45) is 0 Å². The second-order valence-electron chi connectivity index (χ2n) is 4.25. The summed E-state index contributed by atoms with van der Waals surface area (Å²) >= 11 is 5.74. The van der Waals surface area contributed by atoms with Crippen LogP contribution in [0.25, 0.3) is 11.5 Å². The van der Waals surface area contributed by atoms with Crippen LogP contribution in [0.3, 0.4) is 0 Å². The molecule has 0 aliphatic rings. The maximum Gasteiger partial charge on any atom is 0.270 e. The van der Waals surface area contributed by atoms with E-state index in [0.29, 0.717) is 11.5 Å². The van der Waals surface area contributed by atoms with Gasteiger partial charge >= 0.3 is 0 Å². The SMILES string of the molecule is O=C(NCc1nc(-c2ccccn2)no1)c1cccc(Cl)n1. The first kappa shape index (κ1) is 14.2. The number of aromatic nitrogens is 4. The Hall–Kier alpha value is -2.80. The molecule has 22 heavy (non-hydrogen) atoms. The summed E-state index contributed by atoms with van der Waals surface area (Å²) in [7, 11) is 0. The number of hydrogen-bond donors (Lipinski definition) is 1. The van der Waals surface area contributed by atoms with Crippen molar-refractivity contribution >= 4 is 17.5 Å². The molecule has 0 saturated heterocycles. The van der Waals surface area contributed by atoms with Crippen LogP contribution in [0.5, 0.6) is 0 Å². The number of nitrogens with zero attached hydrogens (tertiary/aromatic N) is 4. The van der Waals surface area contributed by atoms with Gasteiger partial charge in [-0.1, -0.05) is 28.9 Å². The fourth-order valence-electron chi connectivity index (χ4n) is 1.71. The Morgan fingerprint density at radius 2 is 2.09 bits per heavy atom. The van der Waals surface area contributed by atoms with Gasteiger partial charge in [0.05, 0.1) is 6.54 Å². The van der Waals surface area contributed by atoms with Gasteiger partial charge in [0.15, 0.2) is 0 Å². The lowest BCUT2D eigenvalue weighted by Crippen LogP contribution is -2.23. The van der Waals surface area contributed by atoms with Crippen molar-refractivity contribution in [1.82, 2.24) is 25.4 Å². The summed E-state index contributed by atoms with van der Waals surface area (Å²) < 4.78 is 5.07. The molecule has 0 fully saturated rings. The third-order valence-electron chi connectivity index (χ3n) is 2.71. The number of halogens is 1. The van der Waals surface area contributed by atoms with E-state index in [9.17, 15) is 4.79 Å². The zero-order valence-electron chi connectivity index (χ0n) is 11.2. The molecule has 3 aromatic rings. The van der Waals surface area contributed by atoms with E-state index in [4.69, 9.17) is 16.1 Å². The molecule has 0 saturated carbocycles. The van der Waals surface area contributed by atoms with Crippen LogP contribution < -0.4 is 5.32 Å².